The molecule has 5 aromatic rings. The first-order valence-electron chi connectivity index (χ1n) is 26.3. The summed E-state index contributed by atoms with van der Waals surface area (Å²) in [4.78, 5) is 70.9. The molecule has 0 spiro atoms. The normalized spacial score (nSPS) is 23.2. The first-order valence-corrected chi connectivity index (χ1v) is 26.3. The first-order chi connectivity index (χ1) is 34.8. The Bertz CT molecular complexity index is 3050. The van der Waals surface area contributed by atoms with E-state index in [4.69, 9.17) is 10.7 Å². The molecular weight excluding hydrogens is 908 g/mol. The second-order valence-corrected chi connectivity index (χ2v) is 21.6. The molecule has 4 fully saturated rings. The third-order valence-electron chi connectivity index (χ3n) is 16.7. The zero-order chi connectivity index (χ0) is 49.9. The van der Waals surface area contributed by atoms with Crippen LogP contribution in [0.3, 0.4) is 0 Å². The minimum atomic E-state index is -0.685. The Balaban J connectivity index is 0.675. The number of fused-ring (bicyclic) bond motifs is 2. The number of hydrogen-bond donors (Lipinski definition) is 2. The lowest BCUT2D eigenvalue weighted by Crippen LogP contribution is -2.53. The molecule has 1 saturated carbocycles. The third kappa shape index (κ3) is 9.35. The molecular formula is C57H67FN10O4. The monoisotopic (exact) mass is 975 g/mol. The van der Waals surface area contributed by atoms with E-state index in [-0.39, 0.29) is 41.8 Å². The number of imide groups is 1. The van der Waals surface area contributed by atoms with Crippen LogP contribution >= 0.6 is 0 Å². The van der Waals surface area contributed by atoms with Gasteiger partial charge in [0.2, 0.25) is 11.8 Å². The van der Waals surface area contributed by atoms with E-state index < -0.39 is 11.9 Å². The average molecular weight is 975 g/mol. The highest BCUT2D eigenvalue weighted by Gasteiger charge is 2.36. The van der Waals surface area contributed by atoms with Crippen LogP contribution in [0.25, 0.3) is 33.8 Å². The number of aryl methyl sites for hydroxylation is 1. The second kappa shape index (κ2) is 19.6. The minimum Gasteiger partial charge on any atom is -0.384 e. The van der Waals surface area contributed by atoms with Gasteiger partial charge in [0.1, 0.15) is 17.7 Å². The van der Waals surface area contributed by atoms with Crippen LogP contribution in [0.4, 0.5) is 10.2 Å². The molecule has 3 saturated heterocycles. The summed E-state index contributed by atoms with van der Waals surface area (Å²) in [5.74, 6) is 0.196. The molecule has 15 heteroatoms. The average Bonchev–Trinajstić information content (AvgIpc) is 4.17. The maximum Gasteiger partial charge on any atom is 0.330 e. The number of nitrogens with one attached hydrogen (secondary N) is 1. The quantitative estimate of drug-likeness (QED) is 0.128. The third-order valence-corrected chi connectivity index (χ3v) is 16.7. The number of anilines is 1. The number of hydrogen-bond acceptors (Lipinski definition) is 10. The van der Waals surface area contributed by atoms with Gasteiger partial charge in [0.05, 0.1) is 11.0 Å². The fourth-order valence-corrected chi connectivity index (χ4v) is 12.5. The number of nitrogens with zero attached hydrogens (tertiary/aromatic N) is 8. The number of nitrogens with two attached hydrogens (primary N) is 1. The maximum atomic E-state index is 16.2. The van der Waals surface area contributed by atoms with E-state index in [1.165, 1.54) is 11.6 Å². The molecule has 6 aliphatic rings. The molecule has 4 atom stereocenters. The van der Waals surface area contributed by atoms with Crippen LogP contribution in [0.5, 0.6) is 0 Å². The Hall–Kier alpha value is -6.29. The van der Waals surface area contributed by atoms with Crippen molar-refractivity contribution in [3.63, 3.8) is 0 Å². The lowest BCUT2D eigenvalue weighted by atomic mass is 9.81. The highest BCUT2D eigenvalue weighted by molar-refractivity contribution is 6.00. The number of rotatable bonds is 11. The Morgan fingerprint density at radius 1 is 0.903 bits per heavy atom. The molecule has 3 N–H and O–H groups in total. The van der Waals surface area contributed by atoms with Crippen molar-refractivity contribution in [3.05, 3.63) is 122 Å². The zero-order valence-electron chi connectivity index (χ0n) is 42.1. The van der Waals surface area contributed by atoms with Crippen molar-refractivity contribution in [2.24, 2.45) is 11.8 Å². The molecule has 0 bridgehead atoms. The molecule has 376 valence electrons. The smallest absolute Gasteiger partial charge is 0.330 e. The van der Waals surface area contributed by atoms with Crippen molar-refractivity contribution in [1.82, 2.24) is 44.0 Å². The standard InChI is InChI=1S/C57H67FN10O4/c1-34-26-48-46(44(13-18-60-48)41-6-11-52(59)61-30-41)29-45(34)37(4)64-21-16-40(17-22-64)54-35(2)25-42(28-47(54)58)56(71)65-19-14-38(15-20-65)33-66-24-23-63(31-36(66)3)32-39-5-9-49-51(27-39)67(43-7-8-43)57(72)68(49)50-10-12-53(69)62-55(50)70/h5-6,9,11,13,16,18,25,27-30,34,36-38,43,50H,7-8,10,12,14-15,17,19-24,26,31-33H2,1-4H3,(H2,59,61)(H,62,69,70)/t34?,36-,37-,50?/m0/s1. The molecule has 3 aromatic heterocycles. The van der Waals surface area contributed by atoms with Gasteiger partial charge in [-0.2, -0.15) is 0 Å². The van der Waals surface area contributed by atoms with E-state index in [0.29, 0.717) is 60.9 Å². The van der Waals surface area contributed by atoms with Gasteiger partial charge in [-0.15, -0.1) is 0 Å². The highest BCUT2D eigenvalue weighted by atomic mass is 19.1. The molecule has 2 aromatic carbocycles. The SMILES string of the molecule is Cc1cc(C(=O)N2CCC(CN3CCN(Cc4ccc5c(c4)n(C4CC4)c(=O)n5C4CCC(=O)NC4=O)C[C@@H]3C)CC2)cc(F)c1C1=CCN([C@@H](C)C2=Cc3c(-c4ccc(N)nc4)ccnc3CC2C)CC1. The summed E-state index contributed by atoms with van der Waals surface area (Å²) >= 11 is 0. The van der Waals surface area contributed by atoms with Gasteiger partial charge in [0.15, 0.2) is 0 Å². The lowest BCUT2D eigenvalue weighted by Gasteiger charge is -2.42. The Morgan fingerprint density at radius 3 is 2.43 bits per heavy atom. The van der Waals surface area contributed by atoms with Gasteiger partial charge in [-0.25, -0.2) is 14.2 Å². The lowest BCUT2D eigenvalue weighted by molar-refractivity contribution is -0.135. The van der Waals surface area contributed by atoms with E-state index in [0.717, 1.165) is 128 Å². The van der Waals surface area contributed by atoms with Crippen molar-refractivity contribution in [2.75, 3.05) is 58.1 Å². The van der Waals surface area contributed by atoms with Crippen LogP contribution < -0.4 is 16.7 Å². The number of carbonyl (C=O) groups is 3. The molecule has 3 amide bonds. The van der Waals surface area contributed by atoms with Crippen LogP contribution in [0.2, 0.25) is 0 Å². The number of halogens is 1. The summed E-state index contributed by atoms with van der Waals surface area (Å²) < 4.78 is 19.7. The zero-order valence-corrected chi connectivity index (χ0v) is 42.1. The van der Waals surface area contributed by atoms with Gasteiger partial charge in [-0.3, -0.25) is 48.5 Å². The minimum absolute atomic E-state index is 0.0936. The predicted molar refractivity (Wildman–Crippen MR) is 278 cm³/mol. The van der Waals surface area contributed by atoms with E-state index in [1.54, 1.807) is 4.57 Å². The van der Waals surface area contributed by atoms with Crippen molar-refractivity contribution in [1.29, 1.82) is 0 Å². The number of carbonyl (C=O) groups excluding carboxylic acids is 3. The van der Waals surface area contributed by atoms with E-state index in [1.807, 2.05) is 53.0 Å². The summed E-state index contributed by atoms with van der Waals surface area (Å²) in [6, 6.07) is 15.4. The molecule has 0 radical (unpaired) electrons. The fraction of sp³-hybridized carbons (Fsp3) is 0.474. The summed E-state index contributed by atoms with van der Waals surface area (Å²) in [5.41, 5.74) is 17.1. The molecule has 2 aliphatic carbocycles. The van der Waals surface area contributed by atoms with Gasteiger partial charge in [0, 0.05) is 124 Å². The summed E-state index contributed by atoms with van der Waals surface area (Å²) in [5, 5.41) is 2.42. The Labute approximate surface area is 420 Å². The molecule has 4 aliphatic heterocycles. The largest absolute Gasteiger partial charge is 0.384 e. The Morgan fingerprint density at radius 2 is 1.72 bits per heavy atom. The van der Waals surface area contributed by atoms with Gasteiger partial charge in [-0.05, 0) is 148 Å². The van der Waals surface area contributed by atoms with Gasteiger partial charge in [0.25, 0.3) is 5.91 Å². The van der Waals surface area contributed by atoms with Crippen LogP contribution in [0.15, 0.2) is 77.4 Å². The fourth-order valence-electron chi connectivity index (χ4n) is 12.5. The van der Waals surface area contributed by atoms with E-state index in [9.17, 15) is 19.2 Å². The second-order valence-electron chi connectivity index (χ2n) is 21.6. The van der Waals surface area contributed by atoms with Gasteiger partial charge in [-0.1, -0.05) is 25.1 Å². The number of benzene rings is 2. The van der Waals surface area contributed by atoms with Crippen molar-refractivity contribution in [2.45, 2.75) is 110 Å². The number of piperazine rings is 1. The highest BCUT2D eigenvalue weighted by Crippen LogP contribution is 2.40. The molecule has 11 rings (SSSR count). The van der Waals surface area contributed by atoms with Crippen LogP contribution in [0.1, 0.15) is 116 Å². The number of piperidine rings is 2. The number of nitrogen functional groups attached to an aromatic ring is 1. The van der Waals surface area contributed by atoms with Crippen LogP contribution in [-0.2, 0) is 22.6 Å². The van der Waals surface area contributed by atoms with Gasteiger partial charge >= 0.3 is 5.69 Å². The van der Waals surface area contributed by atoms with Gasteiger partial charge < -0.3 is 10.6 Å². The molecule has 2 unspecified atom stereocenters. The summed E-state index contributed by atoms with van der Waals surface area (Å²) in [7, 11) is 0. The maximum absolute atomic E-state index is 16.2. The number of imidazole rings is 1. The number of pyridine rings is 2. The van der Waals surface area contributed by atoms with Crippen LogP contribution in [0, 0.1) is 24.6 Å². The van der Waals surface area contributed by atoms with Crippen molar-refractivity contribution >= 4 is 46.2 Å². The van der Waals surface area contributed by atoms with Crippen molar-refractivity contribution < 1.29 is 18.8 Å². The summed E-state index contributed by atoms with van der Waals surface area (Å²) in [6.45, 7) is 16.2. The van der Waals surface area contributed by atoms with E-state index in [2.05, 4.69) is 76.1 Å². The first kappa shape index (κ1) is 48.0. The van der Waals surface area contributed by atoms with E-state index >= 15 is 4.39 Å². The topological polar surface area (TPSA) is 155 Å². The number of aromatic nitrogens is 4. The predicted octanol–water partition coefficient (Wildman–Crippen LogP) is 7.41. The molecule has 7 heterocycles. The molecule has 14 nitrogen and oxygen atoms in total. The number of amides is 3. The van der Waals surface area contributed by atoms with Crippen LogP contribution in [-0.4, -0.2) is 121 Å². The Kier molecular flexibility index (Phi) is 13.1. The van der Waals surface area contributed by atoms with Crippen molar-refractivity contribution in [3.8, 4) is 11.1 Å². The summed E-state index contributed by atoms with van der Waals surface area (Å²) in [6.07, 6.45) is 14.1. The molecule has 72 heavy (non-hydrogen) atoms. The number of likely N-dealkylation sites (tertiary alicyclic amines) is 1.